The van der Waals surface area contributed by atoms with Crippen LogP contribution < -0.4 is 20.7 Å². The maximum absolute atomic E-state index is 12.0. The van der Waals surface area contributed by atoms with Gasteiger partial charge in [0.1, 0.15) is 11.9 Å². The van der Waals surface area contributed by atoms with Gasteiger partial charge >= 0.3 is 0 Å². The normalized spacial score (nSPS) is 16.8. The largest absolute Gasteiger partial charge is 0.484 e. The Morgan fingerprint density at radius 2 is 2.09 bits per heavy atom. The zero-order chi connectivity index (χ0) is 15.8. The fraction of sp³-hybridized carbons (Fsp3) is 0.467. The molecule has 3 N–H and O–H groups in total. The number of hydrogen-bond donors (Lipinski definition) is 3. The predicted molar refractivity (Wildman–Crippen MR) is 89.1 cm³/mol. The van der Waals surface area contributed by atoms with Crippen LogP contribution in [-0.4, -0.2) is 50.8 Å². The Labute approximate surface area is 141 Å². The molecule has 0 saturated carbocycles. The summed E-state index contributed by atoms with van der Waals surface area (Å²) in [5.41, 5.74) is 0.657. The van der Waals surface area contributed by atoms with Crippen molar-refractivity contribution < 1.29 is 19.1 Å². The highest BCUT2D eigenvalue weighted by Crippen LogP contribution is 2.16. The van der Waals surface area contributed by atoms with Gasteiger partial charge in [0.2, 0.25) is 0 Å². The Morgan fingerprint density at radius 3 is 2.70 bits per heavy atom. The Hall–Kier alpha value is -1.83. The van der Waals surface area contributed by atoms with E-state index in [0.717, 1.165) is 6.54 Å². The summed E-state index contributed by atoms with van der Waals surface area (Å²) in [7, 11) is 0. The lowest BCUT2D eigenvalue weighted by atomic mass is 10.2. The lowest BCUT2D eigenvalue weighted by Crippen LogP contribution is -2.45. The fourth-order valence-electron chi connectivity index (χ4n) is 1.99. The van der Waals surface area contributed by atoms with E-state index in [0.29, 0.717) is 31.1 Å². The van der Waals surface area contributed by atoms with Gasteiger partial charge in [0.25, 0.3) is 11.8 Å². The van der Waals surface area contributed by atoms with Crippen LogP contribution in [0.5, 0.6) is 5.75 Å². The molecule has 0 aliphatic carbocycles. The summed E-state index contributed by atoms with van der Waals surface area (Å²) in [6.45, 7) is 4.21. The molecule has 1 aromatic carbocycles. The first kappa shape index (κ1) is 19.2. The number of carbonyl (C=O) groups excluding carboxylic acids is 2. The van der Waals surface area contributed by atoms with Crippen molar-refractivity contribution in [2.45, 2.75) is 13.0 Å². The van der Waals surface area contributed by atoms with Gasteiger partial charge in [-0.25, -0.2) is 0 Å². The van der Waals surface area contributed by atoms with Crippen LogP contribution in [0.25, 0.3) is 0 Å². The average Bonchev–Trinajstić information content (AvgIpc) is 2.55. The number of carbonyl (C=O) groups is 2. The summed E-state index contributed by atoms with van der Waals surface area (Å²) in [5, 5.41) is 8.54. The molecule has 1 fully saturated rings. The molecule has 1 aliphatic heterocycles. The van der Waals surface area contributed by atoms with Crippen molar-refractivity contribution in [2.75, 3.05) is 38.2 Å². The van der Waals surface area contributed by atoms with Gasteiger partial charge in [-0.2, -0.15) is 0 Å². The maximum Gasteiger partial charge on any atom is 0.257 e. The SMILES string of the molecule is CCNC(=O)COc1ccc(NC(=O)C2CNCCO2)cc1.Cl. The minimum Gasteiger partial charge on any atom is -0.484 e. The van der Waals surface area contributed by atoms with Gasteiger partial charge in [0.05, 0.1) is 6.61 Å². The quantitative estimate of drug-likeness (QED) is 0.702. The minimum absolute atomic E-state index is 0. The number of nitrogens with one attached hydrogen (secondary N) is 3. The first-order valence-corrected chi connectivity index (χ1v) is 7.32. The molecule has 1 saturated heterocycles. The molecule has 0 bridgehead atoms. The van der Waals surface area contributed by atoms with Crippen LogP contribution >= 0.6 is 12.4 Å². The van der Waals surface area contributed by atoms with Crippen LogP contribution in [0.4, 0.5) is 5.69 Å². The second-order valence-corrected chi connectivity index (χ2v) is 4.82. The van der Waals surface area contributed by atoms with Crippen molar-refractivity contribution in [3.8, 4) is 5.75 Å². The zero-order valence-corrected chi connectivity index (χ0v) is 13.8. The highest BCUT2D eigenvalue weighted by Gasteiger charge is 2.21. The molecule has 1 heterocycles. The fourth-order valence-corrected chi connectivity index (χ4v) is 1.99. The molecule has 2 amide bonds. The monoisotopic (exact) mass is 343 g/mol. The van der Waals surface area contributed by atoms with Gasteiger partial charge < -0.3 is 25.4 Å². The molecule has 1 unspecified atom stereocenters. The maximum atomic E-state index is 12.0. The van der Waals surface area contributed by atoms with Crippen LogP contribution in [0, 0.1) is 0 Å². The second-order valence-electron chi connectivity index (χ2n) is 4.82. The predicted octanol–water partition coefficient (Wildman–Crippen LogP) is 0.550. The standard InChI is InChI=1S/C15H21N3O4.ClH/c1-2-17-14(19)10-22-12-5-3-11(4-6-12)18-15(20)13-9-16-7-8-21-13;/h3-6,13,16H,2,7-10H2,1H3,(H,17,19)(H,18,20);1H. The molecule has 0 aromatic heterocycles. The third kappa shape index (κ3) is 6.43. The summed E-state index contributed by atoms with van der Waals surface area (Å²) in [6.07, 6.45) is -0.470. The van der Waals surface area contributed by atoms with Crippen molar-refractivity contribution in [3.63, 3.8) is 0 Å². The van der Waals surface area contributed by atoms with Crippen molar-refractivity contribution in [2.24, 2.45) is 0 Å². The number of ether oxygens (including phenoxy) is 2. The molecular formula is C15H22ClN3O4. The first-order valence-electron chi connectivity index (χ1n) is 7.32. The van der Waals surface area contributed by atoms with Crippen molar-refractivity contribution in [1.29, 1.82) is 0 Å². The lowest BCUT2D eigenvalue weighted by Gasteiger charge is -2.22. The van der Waals surface area contributed by atoms with Crippen molar-refractivity contribution >= 4 is 29.9 Å². The Bertz CT molecular complexity index is 504. The molecule has 0 radical (unpaired) electrons. The first-order chi connectivity index (χ1) is 10.7. The van der Waals surface area contributed by atoms with E-state index in [-0.39, 0.29) is 30.8 Å². The topological polar surface area (TPSA) is 88.7 Å². The zero-order valence-electron chi connectivity index (χ0n) is 13.0. The Kier molecular flexibility index (Phi) is 8.39. The summed E-state index contributed by atoms with van der Waals surface area (Å²) >= 11 is 0. The molecule has 7 nitrogen and oxygen atoms in total. The molecule has 0 spiro atoms. The van der Waals surface area contributed by atoms with E-state index in [2.05, 4.69) is 16.0 Å². The van der Waals surface area contributed by atoms with E-state index < -0.39 is 6.10 Å². The summed E-state index contributed by atoms with van der Waals surface area (Å²) < 4.78 is 10.7. The number of hydrogen-bond acceptors (Lipinski definition) is 5. The van der Waals surface area contributed by atoms with E-state index in [1.807, 2.05) is 6.92 Å². The molecule has 1 atom stereocenters. The number of anilines is 1. The molecule has 8 heteroatoms. The van der Waals surface area contributed by atoms with Crippen LogP contribution in [0.2, 0.25) is 0 Å². The van der Waals surface area contributed by atoms with E-state index >= 15 is 0 Å². The number of likely N-dealkylation sites (N-methyl/N-ethyl adjacent to an activating group) is 1. The molecule has 23 heavy (non-hydrogen) atoms. The highest BCUT2D eigenvalue weighted by molar-refractivity contribution is 5.94. The smallest absolute Gasteiger partial charge is 0.257 e. The molecule has 1 aromatic rings. The van der Waals surface area contributed by atoms with Crippen molar-refractivity contribution in [3.05, 3.63) is 24.3 Å². The van der Waals surface area contributed by atoms with Gasteiger partial charge in [-0.1, -0.05) is 0 Å². The van der Waals surface area contributed by atoms with Crippen LogP contribution in [-0.2, 0) is 14.3 Å². The van der Waals surface area contributed by atoms with Crippen LogP contribution in [0.3, 0.4) is 0 Å². The van der Waals surface area contributed by atoms with Crippen molar-refractivity contribution in [1.82, 2.24) is 10.6 Å². The second kappa shape index (κ2) is 10.0. The van der Waals surface area contributed by atoms with E-state index in [1.165, 1.54) is 0 Å². The number of amides is 2. The van der Waals surface area contributed by atoms with Gasteiger partial charge in [0.15, 0.2) is 6.61 Å². The number of rotatable bonds is 6. The van der Waals surface area contributed by atoms with E-state index in [4.69, 9.17) is 9.47 Å². The van der Waals surface area contributed by atoms with Gasteiger partial charge in [-0.15, -0.1) is 12.4 Å². The third-order valence-corrected chi connectivity index (χ3v) is 3.09. The molecular weight excluding hydrogens is 322 g/mol. The van der Waals surface area contributed by atoms with E-state index in [9.17, 15) is 9.59 Å². The Balaban J connectivity index is 0.00000264. The van der Waals surface area contributed by atoms with Gasteiger partial charge in [-0.3, -0.25) is 9.59 Å². The molecule has 1 aliphatic rings. The lowest BCUT2D eigenvalue weighted by molar-refractivity contribution is -0.128. The number of benzene rings is 1. The minimum atomic E-state index is -0.470. The third-order valence-electron chi connectivity index (χ3n) is 3.09. The summed E-state index contributed by atoms with van der Waals surface area (Å²) in [5.74, 6) is 0.227. The molecule has 2 rings (SSSR count). The van der Waals surface area contributed by atoms with Crippen LogP contribution in [0.1, 0.15) is 6.92 Å². The van der Waals surface area contributed by atoms with E-state index in [1.54, 1.807) is 24.3 Å². The summed E-state index contributed by atoms with van der Waals surface area (Å²) in [4.78, 5) is 23.3. The average molecular weight is 344 g/mol. The highest BCUT2D eigenvalue weighted by atomic mass is 35.5. The number of halogens is 1. The van der Waals surface area contributed by atoms with Gasteiger partial charge in [0, 0.05) is 25.3 Å². The number of morpholine rings is 1. The summed E-state index contributed by atoms with van der Waals surface area (Å²) in [6, 6.07) is 6.85. The Morgan fingerprint density at radius 1 is 1.35 bits per heavy atom. The molecule has 128 valence electrons. The van der Waals surface area contributed by atoms with Crippen LogP contribution in [0.15, 0.2) is 24.3 Å². The van der Waals surface area contributed by atoms with Gasteiger partial charge in [-0.05, 0) is 31.2 Å².